The monoisotopic (exact) mass is 268 g/mol. The fraction of sp³-hybridized carbons (Fsp3) is 0.250. The van der Waals surface area contributed by atoms with Crippen LogP contribution >= 0.6 is 0 Å². The molecule has 1 aromatic rings. The molecule has 0 fully saturated rings. The van der Waals surface area contributed by atoms with Gasteiger partial charge >= 0.3 is 29.6 Å². The molecule has 1 rings (SSSR count). The average molecular weight is 268 g/mol. The molecule has 1 unspecified atom stereocenters. The van der Waals surface area contributed by atoms with Crippen molar-refractivity contribution in [3.05, 3.63) is 28.3 Å². The zero-order valence-corrected chi connectivity index (χ0v) is 11.9. The minimum Gasteiger partial charge on any atom is -0.768 e. The molecule has 0 aliphatic rings. The van der Waals surface area contributed by atoms with Gasteiger partial charge in [0.05, 0.1) is 16.4 Å². The van der Waals surface area contributed by atoms with E-state index in [-0.39, 0.29) is 59.0 Å². The van der Waals surface area contributed by atoms with Crippen LogP contribution < -0.4 is 34.9 Å². The molecule has 0 aliphatic carbocycles. The second-order valence-corrected chi connectivity index (χ2v) is 3.73. The molecule has 0 heterocycles. The summed E-state index contributed by atoms with van der Waals surface area (Å²) in [4.78, 5) is 9.58. The molecule has 1 atom stereocenters. The number of aliphatic hydroxyl groups excluding tert-OH is 1. The number of hydrogen-bond acceptors (Lipinski definition) is 6. The number of anilines is 1. The summed E-state index contributed by atoms with van der Waals surface area (Å²) in [6.07, 6.45) is 0. The third kappa shape index (κ3) is 4.70. The van der Waals surface area contributed by atoms with Crippen molar-refractivity contribution in [2.45, 2.75) is 4.90 Å². The fourth-order valence-electron chi connectivity index (χ4n) is 1.10. The Balaban J connectivity index is 0.00000256. The Bertz CT molecular complexity index is 428. The van der Waals surface area contributed by atoms with Crippen LogP contribution in [0, 0.1) is 10.1 Å². The SMILES string of the molecule is O=[N+]([O-])c1ccc(NCCO)c(S(=O)[O-])c1.[Na+]. The molecule has 0 saturated carbocycles. The number of rotatable bonds is 5. The van der Waals surface area contributed by atoms with Gasteiger partial charge in [-0.15, -0.1) is 0 Å². The van der Waals surface area contributed by atoms with Crippen LogP contribution in [0.2, 0.25) is 0 Å². The average Bonchev–Trinajstić information content (AvgIpc) is 2.25. The molecule has 2 N–H and O–H groups in total. The molecule has 0 saturated heterocycles. The Labute approximate surface area is 122 Å². The predicted molar refractivity (Wildman–Crippen MR) is 55.9 cm³/mol. The molecular formula is C8H9N2NaO5S. The van der Waals surface area contributed by atoms with Gasteiger partial charge in [0.2, 0.25) is 0 Å². The van der Waals surface area contributed by atoms with Crippen molar-refractivity contribution < 1.29 is 48.3 Å². The van der Waals surface area contributed by atoms with Crippen LogP contribution in [0.4, 0.5) is 11.4 Å². The van der Waals surface area contributed by atoms with Crippen molar-refractivity contribution >= 4 is 22.5 Å². The van der Waals surface area contributed by atoms with Gasteiger partial charge in [0, 0.05) is 24.4 Å². The molecule has 7 nitrogen and oxygen atoms in total. The number of benzene rings is 1. The maximum atomic E-state index is 10.8. The number of nitro benzene ring substituents is 1. The van der Waals surface area contributed by atoms with Crippen molar-refractivity contribution in [1.82, 2.24) is 0 Å². The Morgan fingerprint density at radius 2 is 2.12 bits per heavy atom. The first-order chi connectivity index (χ1) is 7.56. The van der Waals surface area contributed by atoms with Gasteiger partial charge in [0.15, 0.2) is 0 Å². The van der Waals surface area contributed by atoms with Crippen LogP contribution in [-0.4, -0.2) is 31.9 Å². The summed E-state index contributed by atoms with van der Waals surface area (Å²) >= 11 is -2.57. The first-order valence-electron chi connectivity index (χ1n) is 4.28. The van der Waals surface area contributed by atoms with E-state index in [1.54, 1.807) is 0 Å². The van der Waals surface area contributed by atoms with E-state index in [0.717, 1.165) is 6.07 Å². The van der Waals surface area contributed by atoms with Gasteiger partial charge < -0.3 is 15.0 Å². The summed E-state index contributed by atoms with van der Waals surface area (Å²) in [6.45, 7) is 0.00390. The molecular weight excluding hydrogens is 259 g/mol. The number of hydrogen-bond donors (Lipinski definition) is 2. The Morgan fingerprint density at radius 3 is 2.59 bits per heavy atom. The zero-order chi connectivity index (χ0) is 12.1. The Hall–Kier alpha value is -0.510. The van der Waals surface area contributed by atoms with E-state index < -0.39 is 16.0 Å². The van der Waals surface area contributed by atoms with Gasteiger partial charge in [0.25, 0.3) is 5.69 Å². The Kier molecular flexibility index (Phi) is 7.51. The maximum Gasteiger partial charge on any atom is 1.00 e. The van der Waals surface area contributed by atoms with Crippen LogP contribution in [0.1, 0.15) is 0 Å². The third-order valence-electron chi connectivity index (χ3n) is 1.78. The standard InChI is InChI=1S/C8H10N2O5S.Na/c11-4-3-9-7-2-1-6(10(12)13)5-8(7)16(14)15;/h1-2,5,9,11H,3-4H2,(H,14,15);/q;+1/p-1. The summed E-state index contributed by atoms with van der Waals surface area (Å²) in [5.41, 5.74) is -0.0678. The first kappa shape index (κ1) is 16.5. The molecule has 1 aromatic carbocycles. The number of non-ortho nitro benzene ring substituents is 1. The van der Waals surface area contributed by atoms with Crippen molar-refractivity contribution in [1.29, 1.82) is 0 Å². The summed E-state index contributed by atoms with van der Waals surface area (Å²) in [5.74, 6) is 0. The van der Waals surface area contributed by atoms with E-state index >= 15 is 0 Å². The molecule has 0 spiro atoms. The van der Waals surface area contributed by atoms with Crippen LogP contribution in [0.15, 0.2) is 23.1 Å². The molecule has 0 amide bonds. The molecule has 0 aliphatic heterocycles. The Morgan fingerprint density at radius 1 is 1.47 bits per heavy atom. The van der Waals surface area contributed by atoms with E-state index in [2.05, 4.69) is 5.32 Å². The van der Waals surface area contributed by atoms with Crippen LogP contribution in [0.25, 0.3) is 0 Å². The van der Waals surface area contributed by atoms with E-state index in [4.69, 9.17) is 5.11 Å². The summed E-state index contributed by atoms with van der Waals surface area (Å²) < 4.78 is 21.7. The second kappa shape index (κ2) is 7.75. The van der Waals surface area contributed by atoms with Gasteiger partial charge in [-0.1, -0.05) is 0 Å². The van der Waals surface area contributed by atoms with Gasteiger partial charge in [-0.05, 0) is 17.1 Å². The van der Waals surface area contributed by atoms with Gasteiger partial charge in [-0.3, -0.25) is 14.3 Å². The van der Waals surface area contributed by atoms with E-state index in [9.17, 15) is 18.9 Å². The largest absolute Gasteiger partial charge is 1.00 e. The van der Waals surface area contributed by atoms with Crippen molar-refractivity contribution in [2.24, 2.45) is 0 Å². The summed E-state index contributed by atoms with van der Waals surface area (Å²) in [7, 11) is 0. The smallest absolute Gasteiger partial charge is 0.768 e. The van der Waals surface area contributed by atoms with Crippen LogP contribution in [0.3, 0.4) is 0 Å². The van der Waals surface area contributed by atoms with Gasteiger partial charge in [-0.25, -0.2) is 0 Å². The molecule has 88 valence electrons. The van der Waals surface area contributed by atoms with Gasteiger partial charge in [0.1, 0.15) is 0 Å². The van der Waals surface area contributed by atoms with Crippen molar-refractivity contribution in [3.8, 4) is 0 Å². The molecule has 0 radical (unpaired) electrons. The molecule has 17 heavy (non-hydrogen) atoms. The van der Waals surface area contributed by atoms with E-state index in [0.29, 0.717) is 0 Å². The zero-order valence-electron chi connectivity index (χ0n) is 9.08. The van der Waals surface area contributed by atoms with E-state index in [1.165, 1.54) is 12.1 Å². The normalized spacial score (nSPS) is 11.4. The first-order valence-corrected chi connectivity index (χ1v) is 5.36. The number of nitrogens with zero attached hydrogens (tertiary/aromatic N) is 1. The number of aliphatic hydroxyl groups is 1. The minimum atomic E-state index is -2.57. The van der Waals surface area contributed by atoms with Crippen LogP contribution in [0.5, 0.6) is 0 Å². The molecule has 9 heteroatoms. The summed E-state index contributed by atoms with van der Waals surface area (Å²) in [5, 5.41) is 21.7. The maximum absolute atomic E-state index is 10.8. The van der Waals surface area contributed by atoms with Crippen LogP contribution in [-0.2, 0) is 11.1 Å². The second-order valence-electron chi connectivity index (χ2n) is 2.82. The summed E-state index contributed by atoms with van der Waals surface area (Å²) in [6, 6.07) is 3.44. The number of nitrogens with one attached hydrogen (secondary N) is 1. The predicted octanol–water partition coefficient (Wildman–Crippen LogP) is -2.76. The fourth-order valence-corrected chi connectivity index (χ4v) is 1.64. The topological polar surface area (TPSA) is 116 Å². The third-order valence-corrected chi connectivity index (χ3v) is 2.48. The van der Waals surface area contributed by atoms with Crippen molar-refractivity contribution in [3.63, 3.8) is 0 Å². The molecule has 0 bridgehead atoms. The quantitative estimate of drug-likeness (QED) is 0.259. The van der Waals surface area contributed by atoms with E-state index in [1.807, 2.05) is 0 Å². The number of nitro groups is 1. The van der Waals surface area contributed by atoms with Crippen molar-refractivity contribution in [2.75, 3.05) is 18.5 Å². The molecule has 0 aromatic heterocycles. The van der Waals surface area contributed by atoms with Gasteiger partial charge in [-0.2, -0.15) is 0 Å². The minimum absolute atomic E-state index is 0.